The number of aromatic nitrogens is 2. The molecule has 2 aromatic heterocycles. The summed E-state index contributed by atoms with van der Waals surface area (Å²) in [4.78, 5) is 12.8. The zero-order valence-electron chi connectivity index (χ0n) is 14.0. The second-order valence-corrected chi connectivity index (χ2v) is 7.17. The molecule has 27 heavy (non-hydrogen) atoms. The van der Waals surface area contributed by atoms with Gasteiger partial charge in [-0.25, -0.2) is 9.18 Å². The molecule has 2 aromatic carbocycles. The van der Waals surface area contributed by atoms with Crippen molar-refractivity contribution in [2.24, 2.45) is 0 Å². The van der Waals surface area contributed by atoms with Crippen LogP contribution >= 0.6 is 22.9 Å². The summed E-state index contributed by atoms with van der Waals surface area (Å²) in [7, 11) is 0. The lowest BCUT2D eigenvalue weighted by Crippen LogP contribution is -2.08. The number of benzene rings is 2. The largest absolute Gasteiger partial charge is 0.448 e. The van der Waals surface area contributed by atoms with Gasteiger partial charge in [-0.3, -0.25) is 0 Å². The normalized spacial score (nSPS) is 12.3. The number of hydrogen-bond donors (Lipinski definition) is 0. The third-order valence-corrected chi connectivity index (χ3v) is 5.54. The summed E-state index contributed by atoms with van der Waals surface area (Å²) in [5.74, 6) is -0.566. The summed E-state index contributed by atoms with van der Waals surface area (Å²) in [6, 6.07) is 13.1. The molecule has 136 valence electrons. The van der Waals surface area contributed by atoms with Gasteiger partial charge in [0.1, 0.15) is 10.7 Å². The molecule has 4 rings (SSSR count). The maximum absolute atomic E-state index is 13.0. The number of carbonyl (C=O) groups is 1. The molecular formula is C19H12ClFN2O3S. The van der Waals surface area contributed by atoms with E-state index in [2.05, 4.69) is 10.2 Å². The topological polar surface area (TPSA) is 65.2 Å². The maximum atomic E-state index is 13.0. The van der Waals surface area contributed by atoms with Crippen molar-refractivity contribution in [3.63, 3.8) is 0 Å². The number of rotatable bonds is 4. The fraction of sp³-hybridized carbons (Fsp3) is 0.105. The molecule has 0 fully saturated rings. The molecule has 0 bridgehead atoms. The smallest absolute Gasteiger partial charge is 0.350 e. The van der Waals surface area contributed by atoms with E-state index in [1.807, 2.05) is 24.3 Å². The summed E-state index contributed by atoms with van der Waals surface area (Å²) in [5, 5.41) is 9.00. The number of ether oxygens (including phenoxy) is 1. The predicted octanol–water partition coefficient (Wildman–Crippen LogP) is 5.66. The van der Waals surface area contributed by atoms with Crippen molar-refractivity contribution >= 4 is 39.0 Å². The Kier molecular flexibility index (Phi) is 4.63. The van der Waals surface area contributed by atoms with Crippen LogP contribution in [-0.2, 0) is 4.74 Å². The number of hydrogen-bond acceptors (Lipinski definition) is 6. The van der Waals surface area contributed by atoms with E-state index in [0.29, 0.717) is 15.5 Å². The number of halogens is 2. The third kappa shape index (κ3) is 3.43. The molecule has 2 heterocycles. The van der Waals surface area contributed by atoms with Crippen LogP contribution in [0.1, 0.15) is 28.6 Å². The fourth-order valence-corrected chi connectivity index (χ4v) is 3.91. The van der Waals surface area contributed by atoms with Gasteiger partial charge in [0.25, 0.3) is 5.89 Å². The molecule has 0 spiro atoms. The molecule has 0 N–H and O–H groups in total. The van der Waals surface area contributed by atoms with Gasteiger partial charge < -0.3 is 9.15 Å². The van der Waals surface area contributed by atoms with E-state index in [0.717, 1.165) is 10.1 Å². The van der Waals surface area contributed by atoms with Gasteiger partial charge in [0, 0.05) is 15.6 Å². The maximum Gasteiger partial charge on any atom is 0.350 e. The quantitative estimate of drug-likeness (QED) is 0.412. The number of fused-ring (bicyclic) bond motifs is 1. The molecule has 0 unspecified atom stereocenters. The highest BCUT2D eigenvalue weighted by atomic mass is 35.5. The highest BCUT2D eigenvalue weighted by Crippen LogP contribution is 2.36. The highest BCUT2D eigenvalue weighted by Gasteiger charge is 2.24. The molecule has 0 aliphatic heterocycles. The first kappa shape index (κ1) is 17.6. The number of carbonyl (C=O) groups excluding carboxylic acids is 1. The summed E-state index contributed by atoms with van der Waals surface area (Å²) in [5.41, 5.74) is 0.571. The van der Waals surface area contributed by atoms with E-state index in [-0.39, 0.29) is 17.6 Å². The van der Waals surface area contributed by atoms with Crippen molar-refractivity contribution in [3.8, 4) is 11.5 Å². The van der Waals surface area contributed by atoms with Crippen LogP contribution in [0.25, 0.3) is 21.5 Å². The van der Waals surface area contributed by atoms with Crippen LogP contribution < -0.4 is 0 Å². The first-order valence-corrected chi connectivity index (χ1v) is 9.19. The lowest BCUT2D eigenvalue weighted by Gasteiger charge is -2.08. The minimum absolute atomic E-state index is 0.139. The SMILES string of the molecule is C[C@H](OC(=O)c1sc2ccccc2c1Cl)c1nnc(-c2ccc(F)cc2)o1. The van der Waals surface area contributed by atoms with Gasteiger partial charge in [-0.2, -0.15) is 0 Å². The monoisotopic (exact) mass is 402 g/mol. The molecule has 1 atom stereocenters. The zero-order valence-corrected chi connectivity index (χ0v) is 15.6. The molecule has 0 amide bonds. The van der Waals surface area contributed by atoms with E-state index < -0.39 is 12.1 Å². The van der Waals surface area contributed by atoms with Crippen molar-refractivity contribution < 1.29 is 18.3 Å². The van der Waals surface area contributed by atoms with Crippen molar-refractivity contribution in [2.45, 2.75) is 13.0 Å². The molecule has 5 nitrogen and oxygen atoms in total. The van der Waals surface area contributed by atoms with E-state index in [4.69, 9.17) is 20.8 Å². The summed E-state index contributed by atoms with van der Waals surface area (Å²) >= 11 is 7.57. The molecule has 8 heteroatoms. The van der Waals surface area contributed by atoms with Gasteiger partial charge in [-0.15, -0.1) is 21.5 Å². The minimum atomic E-state index is -0.763. The zero-order chi connectivity index (χ0) is 19.0. The Hall–Kier alpha value is -2.77. The average molecular weight is 403 g/mol. The molecule has 0 saturated heterocycles. The first-order chi connectivity index (χ1) is 13.0. The lowest BCUT2D eigenvalue weighted by atomic mass is 10.2. The number of esters is 1. The summed E-state index contributed by atoms with van der Waals surface area (Å²) in [6.45, 7) is 1.63. The van der Waals surface area contributed by atoms with E-state index in [1.54, 1.807) is 6.92 Å². The second kappa shape index (κ2) is 7.09. The molecule has 0 aliphatic carbocycles. The van der Waals surface area contributed by atoms with Crippen LogP contribution in [0.3, 0.4) is 0 Å². The van der Waals surface area contributed by atoms with Gasteiger partial charge in [0.2, 0.25) is 5.89 Å². The van der Waals surface area contributed by atoms with Gasteiger partial charge in [0.05, 0.1) is 5.02 Å². The lowest BCUT2D eigenvalue weighted by molar-refractivity contribution is 0.0286. The number of nitrogens with zero attached hydrogens (tertiary/aromatic N) is 2. The molecule has 0 radical (unpaired) electrons. The number of thiophene rings is 1. The Balaban J connectivity index is 1.53. The van der Waals surface area contributed by atoms with Gasteiger partial charge >= 0.3 is 5.97 Å². The Morgan fingerprint density at radius 2 is 1.93 bits per heavy atom. The second-order valence-electron chi connectivity index (χ2n) is 5.74. The Morgan fingerprint density at radius 3 is 2.67 bits per heavy atom. The fourth-order valence-electron chi connectivity index (χ4n) is 2.52. The third-order valence-electron chi connectivity index (χ3n) is 3.88. The van der Waals surface area contributed by atoms with Crippen LogP contribution in [-0.4, -0.2) is 16.2 Å². The van der Waals surface area contributed by atoms with E-state index in [1.165, 1.54) is 35.6 Å². The highest BCUT2D eigenvalue weighted by molar-refractivity contribution is 7.21. The molecule has 4 aromatic rings. The van der Waals surface area contributed by atoms with Crippen molar-refractivity contribution in [1.82, 2.24) is 10.2 Å². The van der Waals surface area contributed by atoms with Crippen LogP contribution in [0, 0.1) is 5.82 Å². The van der Waals surface area contributed by atoms with Gasteiger partial charge in [-0.05, 0) is 37.3 Å². The van der Waals surface area contributed by atoms with Gasteiger partial charge in [-0.1, -0.05) is 29.8 Å². The van der Waals surface area contributed by atoms with Crippen molar-refractivity contribution in [3.05, 3.63) is 70.1 Å². The van der Waals surface area contributed by atoms with Crippen LogP contribution in [0.4, 0.5) is 4.39 Å². The Labute approximate surface area is 162 Å². The standard InChI is InChI=1S/C19H12ClFN2O3S/c1-10(17-22-23-18(26-17)11-6-8-12(21)9-7-11)25-19(24)16-15(20)13-4-2-3-5-14(13)27-16/h2-10H,1H3/t10-/m0/s1. The molecule has 0 aliphatic rings. The minimum Gasteiger partial charge on any atom is -0.448 e. The van der Waals surface area contributed by atoms with Crippen LogP contribution in [0.5, 0.6) is 0 Å². The Morgan fingerprint density at radius 1 is 1.19 bits per heavy atom. The van der Waals surface area contributed by atoms with Crippen molar-refractivity contribution in [1.29, 1.82) is 0 Å². The summed E-state index contributed by atoms with van der Waals surface area (Å²) in [6.07, 6.45) is -0.763. The van der Waals surface area contributed by atoms with Crippen LogP contribution in [0.15, 0.2) is 52.9 Å². The van der Waals surface area contributed by atoms with Crippen molar-refractivity contribution in [2.75, 3.05) is 0 Å². The predicted molar refractivity (Wildman–Crippen MR) is 100 cm³/mol. The summed E-state index contributed by atoms with van der Waals surface area (Å²) < 4.78 is 24.9. The molecular weight excluding hydrogens is 391 g/mol. The van der Waals surface area contributed by atoms with E-state index >= 15 is 0 Å². The van der Waals surface area contributed by atoms with Crippen LogP contribution in [0.2, 0.25) is 5.02 Å². The first-order valence-electron chi connectivity index (χ1n) is 8.00. The van der Waals surface area contributed by atoms with E-state index in [9.17, 15) is 9.18 Å². The van der Waals surface area contributed by atoms with Gasteiger partial charge in [0.15, 0.2) is 6.10 Å². The molecule has 0 saturated carbocycles. The Bertz CT molecular complexity index is 1120. The average Bonchev–Trinajstić information content (AvgIpc) is 3.28.